The molecule has 0 aromatic carbocycles. The fourth-order valence-electron chi connectivity index (χ4n) is 2.42. The molecule has 26 heavy (non-hydrogen) atoms. The van der Waals surface area contributed by atoms with E-state index in [1.807, 2.05) is 0 Å². The maximum Gasteiger partial charge on any atom is 1.00 e. The first-order valence-electron chi connectivity index (χ1n) is 9.66. The van der Waals surface area contributed by atoms with Gasteiger partial charge in [0.25, 0.3) is 0 Å². The maximum atomic E-state index is 8.52. The van der Waals surface area contributed by atoms with Crippen LogP contribution in [0.2, 0.25) is 0 Å². The number of hydrogen-bond donors (Lipinski definition) is 0. The van der Waals surface area contributed by atoms with Crippen LogP contribution in [0.4, 0.5) is 0 Å². The van der Waals surface area contributed by atoms with Crippen molar-refractivity contribution in [3.8, 4) is 0 Å². The van der Waals surface area contributed by atoms with Crippen molar-refractivity contribution < 1.29 is 81.4 Å². The third-order valence-electron chi connectivity index (χ3n) is 3.78. The summed E-state index contributed by atoms with van der Waals surface area (Å²) in [5.41, 5.74) is 0. The average Bonchev–Trinajstić information content (AvgIpc) is 2.49. The van der Waals surface area contributed by atoms with E-state index < -0.39 is 10.4 Å². The Bertz CT molecular complexity index is 304. The van der Waals surface area contributed by atoms with Crippen molar-refractivity contribution in [1.29, 1.82) is 0 Å². The van der Waals surface area contributed by atoms with Crippen LogP contribution in [0, 0.1) is 0 Å². The predicted molar refractivity (Wildman–Crippen MR) is 97.3 cm³/mol. The minimum atomic E-state index is -5.17. The molecular formula is C18H38Na2O5S. The van der Waals surface area contributed by atoms with E-state index in [9.17, 15) is 0 Å². The van der Waals surface area contributed by atoms with Gasteiger partial charge >= 0.3 is 59.1 Å². The van der Waals surface area contributed by atoms with Gasteiger partial charge in [0.05, 0.1) is 0 Å². The van der Waals surface area contributed by atoms with Gasteiger partial charge in [-0.3, -0.25) is 8.42 Å². The fourth-order valence-corrected chi connectivity index (χ4v) is 2.42. The first-order valence-corrected chi connectivity index (χ1v) is 11.0. The Balaban J connectivity index is -0.000000304. The van der Waals surface area contributed by atoms with Crippen molar-refractivity contribution in [3.63, 3.8) is 0 Å². The Morgan fingerprint density at radius 2 is 0.808 bits per heavy atom. The molecule has 0 fully saturated rings. The zero-order valence-corrected chi connectivity index (χ0v) is 22.6. The summed E-state index contributed by atoms with van der Waals surface area (Å²) in [6.45, 7) is 6.53. The first kappa shape index (κ1) is 35.3. The van der Waals surface area contributed by atoms with E-state index in [2.05, 4.69) is 13.8 Å². The van der Waals surface area contributed by atoms with Crippen LogP contribution in [0.1, 0.15) is 104 Å². The smallest absolute Gasteiger partial charge is 0.759 e. The van der Waals surface area contributed by atoms with Gasteiger partial charge in [-0.2, -0.15) is 0 Å². The standard InChI is InChI=1S/C18H38O.2Na.H2O4S/c1-3-5-7-9-11-13-15-17-19-18-16-14-12-10-8-6-4-2;;;1-5(2,3)4/h3-18H2,1-2H3;;;(H2,1,2,3,4)/q;2*+1;/p-2. The van der Waals surface area contributed by atoms with Crippen LogP contribution in [-0.4, -0.2) is 30.7 Å². The monoisotopic (exact) mass is 412 g/mol. The summed E-state index contributed by atoms with van der Waals surface area (Å²) in [5.74, 6) is 0. The van der Waals surface area contributed by atoms with Gasteiger partial charge in [0.2, 0.25) is 0 Å². The molecule has 0 aromatic heterocycles. The third-order valence-corrected chi connectivity index (χ3v) is 3.78. The summed E-state index contributed by atoms with van der Waals surface area (Å²) in [5, 5.41) is 0. The molecule has 0 aliphatic rings. The molecule has 0 rings (SSSR count). The summed E-state index contributed by atoms with van der Waals surface area (Å²) in [6, 6.07) is 0. The van der Waals surface area contributed by atoms with E-state index in [0.717, 1.165) is 13.2 Å². The normalized spacial score (nSPS) is 10.3. The second-order valence-electron chi connectivity index (χ2n) is 6.26. The molecule has 0 aromatic rings. The fraction of sp³-hybridized carbons (Fsp3) is 1.00. The second kappa shape index (κ2) is 29.0. The van der Waals surface area contributed by atoms with E-state index in [4.69, 9.17) is 22.3 Å². The van der Waals surface area contributed by atoms with Crippen LogP contribution in [0.5, 0.6) is 0 Å². The van der Waals surface area contributed by atoms with Crippen molar-refractivity contribution in [2.75, 3.05) is 13.2 Å². The molecule has 0 N–H and O–H groups in total. The number of ether oxygens (including phenoxy) is 1. The number of rotatable bonds is 16. The van der Waals surface area contributed by atoms with Crippen molar-refractivity contribution in [2.45, 2.75) is 104 Å². The molecule has 5 nitrogen and oxygen atoms in total. The molecule has 0 saturated carbocycles. The van der Waals surface area contributed by atoms with Crippen molar-refractivity contribution >= 4 is 10.4 Å². The SMILES string of the molecule is CCCCCCCCCOCCCCCCCCC.O=S(=O)([O-])[O-].[Na+].[Na+]. The van der Waals surface area contributed by atoms with Crippen LogP contribution in [0.25, 0.3) is 0 Å². The minimum absolute atomic E-state index is 0. The Labute approximate surface area is 207 Å². The van der Waals surface area contributed by atoms with Crippen molar-refractivity contribution in [3.05, 3.63) is 0 Å². The Hall–Kier alpha value is 1.83. The zero-order chi connectivity index (χ0) is 18.5. The largest absolute Gasteiger partial charge is 1.00 e. The molecule has 0 heterocycles. The van der Waals surface area contributed by atoms with Crippen LogP contribution >= 0.6 is 0 Å². The van der Waals surface area contributed by atoms with Gasteiger partial charge in [-0.1, -0.05) is 90.9 Å². The van der Waals surface area contributed by atoms with Crippen molar-refractivity contribution in [2.24, 2.45) is 0 Å². The maximum absolute atomic E-state index is 8.52. The van der Waals surface area contributed by atoms with E-state index in [1.54, 1.807) is 0 Å². The molecule has 0 atom stereocenters. The summed E-state index contributed by atoms with van der Waals surface area (Å²) in [6.07, 6.45) is 19.3. The Morgan fingerprint density at radius 3 is 1.08 bits per heavy atom. The summed E-state index contributed by atoms with van der Waals surface area (Å²) < 4.78 is 39.8. The molecular weight excluding hydrogens is 374 g/mol. The molecule has 0 spiro atoms. The van der Waals surface area contributed by atoms with Gasteiger partial charge in [-0.25, -0.2) is 0 Å². The number of hydrogen-bond acceptors (Lipinski definition) is 5. The third kappa shape index (κ3) is 50.1. The zero-order valence-electron chi connectivity index (χ0n) is 17.8. The minimum Gasteiger partial charge on any atom is -0.759 e. The number of unbranched alkanes of at least 4 members (excludes halogenated alkanes) is 12. The van der Waals surface area contributed by atoms with E-state index >= 15 is 0 Å². The van der Waals surface area contributed by atoms with E-state index in [-0.39, 0.29) is 59.1 Å². The quantitative estimate of drug-likeness (QED) is 0.143. The molecule has 148 valence electrons. The van der Waals surface area contributed by atoms with Crippen LogP contribution in [-0.2, 0) is 15.1 Å². The second-order valence-corrected chi connectivity index (χ2v) is 7.08. The molecule has 0 bridgehead atoms. The first-order chi connectivity index (χ1) is 11.4. The summed E-state index contributed by atoms with van der Waals surface area (Å²) in [7, 11) is -5.17. The van der Waals surface area contributed by atoms with Gasteiger partial charge in [-0.15, -0.1) is 0 Å². The predicted octanol–water partition coefficient (Wildman–Crippen LogP) is -0.826. The molecule has 0 aliphatic carbocycles. The topological polar surface area (TPSA) is 89.5 Å². The van der Waals surface area contributed by atoms with Gasteiger partial charge in [-0.05, 0) is 12.8 Å². The van der Waals surface area contributed by atoms with Gasteiger partial charge in [0.1, 0.15) is 0 Å². The average molecular weight is 413 g/mol. The molecule has 8 heteroatoms. The summed E-state index contributed by atoms with van der Waals surface area (Å²) >= 11 is 0. The Kier molecular flexibility index (Phi) is 39.4. The summed E-state index contributed by atoms with van der Waals surface area (Å²) in [4.78, 5) is 0. The van der Waals surface area contributed by atoms with Crippen LogP contribution in [0.15, 0.2) is 0 Å². The van der Waals surface area contributed by atoms with E-state index in [1.165, 1.54) is 89.9 Å². The van der Waals surface area contributed by atoms with Crippen molar-refractivity contribution in [1.82, 2.24) is 0 Å². The van der Waals surface area contributed by atoms with Crippen LogP contribution < -0.4 is 59.1 Å². The Morgan fingerprint density at radius 1 is 0.577 bits per heavy atom. The van der Waals surface area contributed by atoms with Gasteiger partial charge in [0, 0.05) is 23.6 Å². The van der Waals surface area contributed by atoms with Gasteiger partial charge in [0.15, 0.2) is 0 Å². The molecule has 0 unspecified atom stereocenters. The molecule has 0 aliphatic heterocycles. The van der Waals surface area contributed by atoms with Crippen LogP contribution in [0.3, 0.4) is 0 Å². The van der Waals surface area contributed by atoms with E-state index in [0.29, 0.717) is 0 Å². The molecule has 0 radical (unpaired) electrons. The van der Waals surface area contributed by atoms with Gasteiger partial charge < -0.3 is 13.8 Å². The molecule has 0 saturated heterocycles. The molecule has 0 amide bonds.